The van der Waals surface area contributed by atoms with Crippen LogP contribution in [0.15, 0.2) is 65.5 Å². The summed E-state index contributed by atoms with van der Waals surface area (Å²) in [7, 11) is 0. The maximum atomic E-state index is 12.2. The Kier molecular flexibility index (Phi) is 5.39. The van der Waals surface area contributed by atoms with Crippen molar-refractivity contribution in [3.8, 4) is 11.1 Å². The molecule has 0 fully saturated rings. The number of aromatic carboxylic acids is 1. The molecule has 0 unspecified atom stereocenters. The van der Waals surface area contributed by atoms with Gasteiger partial charge in [0.25, 0.3) is 0 Å². The van der Waals surface area contributed by atoms with Crippen molar-refractivity contribution in [1.82, 2.24) is 0 Å². The molecule has 1 amide bonds. The summed E-state index contributed by atoms with van der Waals surface area (Å²) in [5, 5.41) is 12.2. The van der Waals surface area contributed by atoms with E-state index in [0.717, 1.165) is 16.7 Å². The minimum absolute atomic E-state index is 0.0344. The van der Waals surface area contributed by atoms with Gasteiger partial charge in [-0.25, -0.2) is 4.79 Å². The third-order valence-corrected chi connectivity index (χ3v) is 4.14. The van der Waals surface area contributed by atoms with E-state index in [1.165, 1.54) is 18.2 Å². The number of benzene rings is 2. The molecule has 2 N–H and O–H groups in total. The molecule has 3 aromatic rings. The fourth-order valence-electron chi connectivity index (χ4n) is 2.61. The molecule has 2 aromatic carbocycles. The first-order valence-electron chi connectivity index (χ1n) is 7.97. The Labute approximate surface area is 155 Å². The van der Waals surface area contributed by atoms with Crippen LogP contribution in [0.5, 0.6) is 0 Å². The molecule has 0 saturated heterocycles. The maximum Gasteiger partial charge on any atom is 0.337 e. The first-order valence-corrected chi connectivity index (χ1v) is 8.35. The number of aryl methyl sites for hydroxylation is 1. The first kappa shape index (κ1) is 17.8. The second kappa shape index (κ2) is 7.89. The van der Waals surface area contributed by atoms with Crippen LogP contribution >= 0.6 is 11.6 Å². The smallest absolute Gasteiger partial charge is 0.337 e. The number of carbonyl (C=O) groups is 2. The zero-order valence-electron chi connectivity index (χ0n) is 13.7. The molecule has 0 aliphatic heterocycles. The number of furan rings is 1. The van der Waals surface area contributed by atoms with Gasteiger partial charge in [-0.05, 0) is 41.8 Å². The van der Waals surface area contributed by atoms with Gasteiger partial charge in [0.1, 0.15) is 0 Å². The standard InChI is InChI=1S/C20H16ClNO4/c21-16-5-6-18(17(11-16)20(24)25)22-19(23)7-4-13-2-1-3-14(10-13)15-8-9-26-12-15/h1-3,5-6,8-12H,4,7H2,(H,22,23)(H,24,25). The summed E-state index contributed by atoms with van der Waals surface area (Å²) in [5.41, 5.74) is 3.20. The highest BCUT2D eigenvalue weighted by Gasteiger charge is 2.13. The second-order valence-corrected chi connectivity index (χ2v) is 6.19. The van der Waals surface area contributed by atoms with E-state index in [0.29, 0.717) is 11.4 Å². The number of anilines is 1. The molecule has 132 valence electrons. The van der Waals surface area contributed by atoms with Crippen LogP contribution in [0.2, 0.25) is 5.02 Å². The Morgan fingerprint density at radius 1 is 1.08 bits per heavy atom. The van der Waals surface area contributed by atoms with Gasteiger partial charge in [-0.2, -0.15) is 0 Å². The average Bonchev–Trinajstić information content (AvgIpc) is 3.16. The number of carboxylic acid groups (broad SMARTS) is 1. The molecule has 26 heavy (non-hydrogen) atoms. The largest absolute Gasteiger partial charge is 0.478 e. The number of halogens is 1. The van der Waals surface area contributed by atoms with Crippen molar-refractivity contribution in [3.63, 3.8) is 0 Å². The van der Waals surface area contributed by atoms with Gasteiger partial charge in [0, 0.05) is 17.0 Å². The molecule has 0 bridgehead atoms. The zero-order valence-corrected chi connectivity index (χ0v) is 14.5. The van der Waals surface area contributed by atoms with Crippen LogP contribution in [0.1, 0.15) is 22.3 Å². The Bertz CT molecular complexity index is 935. The van der Waals surface area contributed by atoms with Gasteiger partial charge in [-0.15, -0.1) is 0 Å². The molecule has 0 saturated carbocycles. The number of carboxylic acids is 1. The van der Waals surface area contributed by atoms with Gasteiger partial charge in [0.15, 0.2) is 0 Å². The molecule has 1 aromatic heterocycles. The van der Waals surface area contributed by atoms with E-state index < -0.39 is 5.97 Å². The molecule has 6 heteroatoms. The summed E-state index contributed by atoms with van der Waals surface area (Å²) >= 11 is 5.81. The molecule has 3 rings (SSSR count). The normalized spacial score (nSPS) is 10.5. The third kappa shape index (κ3) is 4.32. The van der Waals surface area contributed by atoms with E-state index >= 15 is 0 Å². The lowest BCUT2D eigenvalue weighted by molar-refractivity contribution is -0.116. The first-order chi connectivity index (χ1) is 12.5. The Morgan fingerprint density at radius 3 is 2.65 bits per heavy atom. The summed E-state index contributed by atoms with van der Waals surface area (Å²) < 4.78 is 5.09. The van der Waals surface area contributed by atoms with Crippen LogP contribution in [0.3, 0.4) is 0 Å². The third-order valence-electron chi connectivity index (χ3n) is 3.91. The molecule has 0 atom stereocenters. The van der Waals surface area contributed by atoms with Crippen LogP contribution in [0.4, 0.5) is 5.69 Å². The van der Waals surface area contributed by atoms with E-state index in [4.69, 9.17) is 16.0 Å². The van der Waals surface area contributed by atoms with Crippen LogP contribution in [-0.4, -0.2) is 17.0 Å². The molecule has 1 heterocycles. The van der Waals surface area contributed by atoms with Gasteiger partial charge in [0.2, 0.25) is 5.91 Å². The van der Waals surface area contributed by atoms with E-state index in [-0.39, 0.29) is 23.6 Å². The predicted octanol–water partition coefficient (Wildman–Crippen LogP) is 4.87. The summed E-state index contributed by atoms with van der Waals surface area (Å²) in [6.45, 7) is 0. The molecule has 0 aliphatic carbocycles. The molecule has 5 nitrogen and oxygen atoms in total. The quantitative estimate of drug-likeness (QED) is 0.649. The van der Waals surface area contributed by atoms with Crippen LogP contribution < -0.4 is 5.32 Å². The topological polar surface area (TPSA) is 79.5 Å². The van der Waals surface area contributed by atoms with Crippen LogP contribution in [-0.2, 0) is 11.2 Å². The minimum Gasteiger partial charge on any atom is -0.478 e. The SMILES string of the molecule is O=C(CCc1cccc(-c2ccoc2)c1)Nc1ccc(Cl)cc1C(=O)O. The highest BCUT2D eigenvalue weighted by atomic mass is 35.5. The summed E-state index contributed by atoms with van der Waals surface area (Å²) in [4.78, 5) is 23.5. The minimum atomic E-state index is -1.14. The van der Waals surface area contributed by atoms with Crippen molar-refractivity contribution < 1.29 is 19.1 Å². The van der Waals surface area contributed by atoms with Crippen molar-refractivity contribution in [2.24, 2.45) is 0 Å². The highest BCUT2D eigenvalue weighted by molar-refractivity contribution is 6.31. The van der Waals surface area contributed by atoms with Gasteiger partial charge in [0.05, 0.1) is 23.8 Å². The number of amides is 1. The zero-order chi connectivity index (χ0) is 18.5. The lowest BCUT2D eigenvalue weighted by atomic mass is 10.0. The van der Waals surface area contributed by atoms with Crippen molar-refractivity contribution in [2.75, 3.05) is 5.32 Å². The van der Waals surface area contributed by atoms with Crippen molar-refractivity contribution in [1.29, 1.82) is 0 Å². The Morgan fingerprint density at radius 2 is 1.92 bits per heavy atom. The van der Waals surface area contributed by atoms with E-state index in [2.05, 4.69) is 5.32 Å². The number of rotatable bonds is 6. The molecule has 0 radical (unpaired) electrons. The van der Waals surface area contributed by atoms with Gasteiger partial charge < -0.3 is 14.8 Å². The van der Waals surface area contributed by atoms with E-state index in [9.17, 15) is 14.7 Å². The lowest BCUT2D eigenvalue weighted by Gasteiger charge is -2.09. The summed E-state index contributed by atoms with van der Waals surface area (Å²) in [6.07, 6.45) is 4.05. The number of hydrogen-bond acceptors (Lipinski definition) is 3. The Hall–Kier alpha value is -3.05. The van der Waals surface area contributed by atoms with Gasteiger partial charge >= 0.3 is 5.97 Å². The van der Waals surface area contributed by atoms with Gasteiger partial charge in [-0.1, -0.05) is 35.9 Å². The fraction of sp³-hybridized carbons (Fsp3) is 0.100. The van der Waals surface area contributed by atoms with Crippen molar-refractivity contribution in [2.45, 2.75) is 12.8 Å². The monoisotopic (exact) mass is 369 g/mol. The lowest BCUT2D eigenvalue weighted by Crippen LogP contribution is -2.15. The Balaban J connectivity index is 1.65. The summed E-state index contributed by atoms with van der Waals surface area (Å²) in [6, 6.07) is 14.1. The molecule has 0 spiro atoms. The molecular weight excluding hydrogens is 354 g/mol. The van der Waals surface area contributed by atoms with E-state index in [1.807, 2.05) is 30.3 Å². The van der Waals surface area contributed by atoms with Crippen LogP contribution in [0.25, 0.3) is 11.1 Å². The number of nitrogens with one attached hydrogen (secondary N) is 1. The highest BCUT2D eigenvalue weighted by Crippen LogP contribution is 2.23. The van der Waals surface area contributed by atoms with E-state index in [1.54, 1.807) is 12.5 Å². The van der Waals surface area contributed by atoms with Crippen LogP contribution in [0, 0.1) is 0 Å². The molecule has 0 aliphatic rings. The summed E-state index contributed by atoms with van der Waals surface area (Å²) in [5.74, 6) is -1.40. The second-order valence-electron chi connectivity index (χ2n) is 5.76. The average molecular weight is 370 g/mol. The predicted molar refractivity (Wildman–Crippen MR) is 99.5 cm³/mol. The number of carbonyl (C=O) groups excluding carboxylic acids is 1. The van der Waals surface area contributed by atoms with Gasteiger partial charge in [-0.3, -0.25) is 4.79 Å². The fourth-order valence-corrected chi connectivity index (χ4v) is 2.78. The molecular formula is C20H16ClNO4. The number of hydrogen-bond donors (Lipinski definition) is 2. The van der Waals surface area contributed by atoms with Crippen molar-refractivity contribution in [3.05, 3.63) is 77.2 Å². The maximum absolute atomic E-state index is 12.2. The van der Waals surface area contributed by atoms with Crippen molar-refractivity contribution >= 4 is 29.2 Å².